The Morgan fingerprint density at radius 1 is 1.32 bits per heavy atom. The molecule has 0 aliphatic carbocycles. The summed E-state index contributed by atoms with van der Waals surface area (Å²) in [5.74, 6) is -2.09. The fraction of sp³-hybridized carbons (Fsp3) is 0.188. The minimum atomic E-state index is -1.13. The summed E-state index contributed by atoms with van der Waals surface area (Å²) in [6.07, 6.45) is 0.173. The fourth-order valence-electron chi connectivity index (χ4n) is 1.71. The van der Waals surface area contributed by atoms with Crippen LogP contribution in [0.4, 0.5) is 10.2 Å². The second kappa shape index (κ2) is 8.64. The normalized spacial score (nSPS) is 11.5. The molecule has 1 aromatic heterocycles. The molecule has 2 aromatic rings. The number of benzene rings is 1. The Labute approximate surface area is 152 Å². The first-order valence-electron chi connectivity index (χ1n) is 7.05. The number of rotatable bonds is 6. The maximum atomic E-state index is 13.4. The summed E-state index contributed by atoms with van der Waals surface area (Å²) in [6, 6.07) is 7.02. The van der Waals surface area contributed by atoms with Crippen LogP contribution in [-0.2, 0) is 14.3 Å². The van der Waals surface area contributed by atoms with E-state index in [-0.39, 0.29) is 16.6 Å². The molecule has 1 heterocycles. The Hall–Kier alpha value is -2.38. The van der Waals surface area contributed by atoms with E-state index in [1.54, 1.807) is 6.07 Å². The first-order chi connectivity index (χ1) is 11.9. The highest BCUT2D eigenvalue weighted by molar-refractivity contribution is 6.36. The van der Waals surface area contributed by atoms with Gasteiger partial charge in [0, 0.05) is 6.20 Å². The second-order valence-electron chi connectivity index (χ2n) is 4.82. The zero-order chi connectivity index (χ0) is 18.4. The molecule has 2 rings (SSSR count). The monoisotopic (exact) mass is 386 g/mol. The molecule has 0 aliphatic heterocycles. The number of hydrogen-bond donors (Lipinski definition) is 1. The van der Waals surface area contributed by atoms with Gasteiger partial charge in [0.2, 0.25) is 0 Å². The summed E-state index contributed by atoms with van der Waals surface area (Å²) >= 11 is 11.6. The fourth-order valence-corrected chi connectivity index (χ4v) is 2.14. The molecule has 1 aromatic carbocycles. The predicted molar refractivity (Wildman–Crippen MR) is 90.3 cm³/mol. The lowest BCUT2D eigenvalue weighted by Gasteiger charge is -2.14. The van der Waals surface area contributed by atoms with E-state index in [9.17, 15) is 14.0 Å². The third-order valence-electron chi connectivity index (χ3n) is 2.91. The SMILES string of the molecule is C[C@H](OC(=O)COc1ccccc1F)C(=O)Nc1ncc(Cl)cc1Cl. The average molecular weight is 387 g/mol. The van der Waals surface area contributed by atoms with Crippen molar-refractivity contribution >= 4 is 40.9 Å². The highest BCUT2D eigenvalue weighted by atomic mass is 35.5. The third kappa shape index (κ3) is 5.58. The van der Waals surface area contributed by atoms with Gasteiger partial charge in [-0.3, -0.25) is 4.79 Å². The number of ether oxygens (including phenoxy) is 2. The molecule has 0 saturated heterocycles. The van der Waals surface area contributed by atoms with Gasteiger partial charge < -0.3 is 14.8 Å². The molecule has 0 fully saturated rings. The van der Waals surface area contributed by atoms with Crippen LogP contribution in [0, 0.1) is 5.82 Å². The van der Waals surface area contributed by atoms with Crippen molar-refractivity contribution in [1.82, 2.24) is 4.98 Å². The molecule has 25 heavy (non-hydrogen) atoms. The highest BCUT2D eigenvalue weighted by Crippen LogP contribution is 2.22. The average Bonchev–Trinajstić information content (AvgIpc) is 2.56. The zero-order valence-electron chi connectivity index (χ0n) is 13.0. The molecule has 0 bridgehead atoms. The molecule has 1 amide bonds. The number of anilines is 1. The lowest BCUT2D eigenvalue weighted by Crippen LogP contribution is -2.32. The van der Waals surface area contributed by atoms with Crippen LogP contribution in [0.5, 0.6) is 5.75 Å². The number of esters is 1. The lowest BCUT2D eigenvalue weighted by molar-refractivity contribution is -0.155. The van der Waals surface area contributed by atoms with E-state index >= 15 is 0 Å². The minimum absolute atomic E-state index is 0.0848. The zero-order valence-corrected chi connectivity index (χ0v) is 14.5. The molecule has 0 spiro atoms. The minimum Gasteiger partial charge on any atom is -0.479 e. The molecular formula is C16H13Cl2FN2O4. The first kappa shape index (κ1) is 19.0. The van der Waals surface area contributed by atoms with Crippen molar-refractivity contribution in [2.75, 3.05) is 11.9 Å². The van der Waals surface area contributed by atoms with E-state index in [0.717, 1.165) is 0 Å². The van der Waals surface area contributed by atoms with E-state index in [1.165, 1.54) is 37.4 Å². The van der Waals surface area contributed by atoms with Crippen molar-refractivity contribution in [1.29, 1.82) is 0 Å². The quantitative estimate of drug-likeness (QED) is 0.768. The number of hydrogen-bond acceptors (Lipinski definition) is 5. The van der Waals surface area contributed by atoms with Gasteiger partial charge in [0.1, 0.15) is 0 Å². The van der Waals surface area contributed by atoms with Gasteiger partial charge in [-0.1, -0.05) is 35.3 Å². The smallest absolute Gasteiger partial charge is 0.344 e. The van der Waals surface area contributed by atoms with Gasteiger partial charge in [0.05, 0.1) is 10.0 Å². The molecule has 132 valence electrons. The van der Waals surface area contributed by atoms with Gasteiger partial charge >= 0.3 is 5.97 Å². The van der Waals surface area contributed by atoms with Gasteiger partial charge in [-0.25, -0.2) is 14.2 Å². The molecule has 1 N–H and O–H groups in total. The molecule has 0 aliphatic rings. The Morgan fingerprint density at radius 2 is 2.04 bits per heavy atom. The summed E-state index contributed by atoms with van der Waals surface area (Å²) in [5.41, 5.74) is 0. The Balaban J connectivity index is 1.85. The standard InChI is InChI=1S/C16H13Cl2FN2O4/c1-9(16(23)21-15-11(18)6-10(17)7-20-15)25-14(22)8-24-13-5-3-2-4-12(13)19/h2-7,9H,8H2,1H3,(H,20,21,23)/t9-/m0/s1. The Kier molecular flexibility index (Phi) is 6.55. The maximum absolute atomic E-state index is 13.4. The molecule has 0 radical (unpaired) electrons. The number of para-hydroxylation sites is 1. The van der Waals surface area contributed by atoms with E-state index in [4.69, 9.17) is 32.7 Å². The highest BCUT2D eigenvalue weighted by Gasteiger charge is 2.20. The van der Waals surface area contributed by atoms with Crippen LogP contribution < -0.4 is 10.1 Å². The second-order valence-corrected chi connectivity index (χ2v) is 5.67. The van der Waals surface area contributed by atoms with Crippen molar-refractivity contribution in [2.24, 2.45) is 0 Å². The Morgan fingerprint density at radius 3 is 2.72 bits per heavy atom. The first-order valence-corrected chi connectivity index (χ1v) is 7.81. The number of halogens is 3. The van der Waals surface area contributed by atoms with E-state index in [0.29, 0.717) is 5.02 Å². The van der Waals surface area contributed by atoms with Crippen LogP contribution in [0.1, 0.15) is 6.92 Å². The summed E-state index contributed by atoms with van der Waals surface area (Å²) in [5, 5.41) is 2.86. The number of carbonyl (C=O) groups excluding carboxylic acids is 2. The number of pyridine rings is 1. The summed E-state index contributed by atoms with van der Waals surface area (Å²) in [6.45, 7) is 0.818. The number of carbonyl (C=O) groups is 2. The summed E-state index contributed by atoms with van der Waals surface area (Å²) in [7, 11) is 0. The number of nitrogens with zero attached hydrogens (tertiary/aromatic N) is 1. The Bertz CT molecular complexity index is 788. The van der Waals surface area contributed by atoms with Crippen LogP contribution in [0.2, 0.25) is 10.0 Å². The van der Waals surface area contributed by atoms with Crippen molar-refractivity contribution in [3.05, 3.63) is 52.4 Å². The van der Waals surface area contributed by atoms with Crippen LogP contribution in [0.3, 0.4) is 0 Å². The molecule has 0 unspecified atom stereocenters. The van der Waals surface area contributed by atoms with Gasteiger partial charge in [-0.2, -0.15) is 0 Å². The maximum Gasteiger partial charge on any atom is 0.344 e. The molecule has 6 nitrogen and oxygen atoms in total. The van der Waals surface area contributed by atoms with E-state index < -0.39 is 30.4 Å². The van der Waals surface area contributed by atoms with Crippen LogP contribution in [-0.4, -0.2) is 29.6 Å². The molecular weight excluding hydrogens is 374 g/mol. The largest absolute Gasteiger partial charge is 0.479 e. The van der Waals surface area contributed by atoms with Crippen molar-refractivity contribution in [3.8, 4) is 5.75 Å². The topological polar surface area (TPSA) is 77.5 Å². The van der Waals surface area contributed by atoms with Crippen molar-refractivity contribution in [2.45, 2.75) is 13.0 Å². The summed E-state index contributed by atoms with van der Waals surface area (Å²) < 4.78 is 23.3. The van der Waals surface area contributed by atoms with Crippen molar-refractivity contribution in [3.63, 3.8) is 0 Å². The van der Waals surface area contributed by atoms with Gasteiger partial charge in [-0.15, -0.1) is 0 Å². The molecule has 1 atom stereocenters. The number of aromatic nitrogens is 1. The van der Waals surface area contributed by atoms with E-state index in [1.807, 2.05) is 0 Å². The molecule has 0 saturated carbocycles. The van der Waals surface area contributed by atoms with Gasteiger partial charge in [0.25, 0.3) is 5.91 Å². The number of nitrogens with one attached hydrogen (secondary N) is 1. The van der Waals surface area contributed by atoms with Crippen LogP contribution >= 0.6 is 23.2 Å². The van der Waals surface area contributed by atoms with Gasteiger partial charge in [0.15, 0.2) is 30.1 Å². The number of amides is 1. The van der Waals surface area contributed by atoms with Crippen LogP contribution in [0.15, 0.2) is 36.5 Å². The molecule has 9 heteroatoms. The van der Waals surface area contributed by atoms with Crippen LogP contribution in [0.25, 0.3) is 0 Å². The van der Waals surface area contributed by atoms with Crippen molar-refractivity contribution < 1.29 is 23.5 Å². The predicted octanol–water partition coefficient (Wildman–Crippen LogP) is 3.48. The van der Waals surface area contributed by atoms with E-state index in [2.05, 4.69) is 10.3 Å². The summed E-state index contributed by atoms with van der Waals surface area (Å²) in [4.78, 5) is 27.6. The van der Waals surface area contributed by atoms with Gasteiger partial charge in [-0.05, 0) is 25.1 Å². The lowest BCUT2D eigenvalue weighted by atomic mass is 10.3. The third-order valence-corrected chi connectivity index (χ3v) is 3.40.